The summed E-state index contributed by atoms with van der Waals surface area (Å²) in [7, 11) is 0. The third-order valence-electron chi connectivity index (χ3n) is 4.19. The molecule has 0 amide bonds. The predicted molar refractivity (Wildman–Crippen MR) is 91.0 cm³/mol. The maximum atomic E-state index is 5.99. The first kappa shape index (κ1) is 15.9. The number of nitrogens with zero attached hydrogens (tertiary/aromatic N) is 5. The molecule has 0 aliphatic carbocycles. The van der Waals surface area contributed by atoms with Crippen LogP contribution < -0.4 is 5.32 Å². The summed E-state index contributed by atoms with van der Waals surface area (Å²) >= 11 is 0. The minimum absolute atomic E-state index is 0.308. The zero-order valence-electron chi connectivity index (χ0n) is 13.8. The van der Waals surface area contributed by atoms with Crippen LogP contribution in [0, 0.1) is 0 Å². The number of benzene rings is 1. The fourth-order valence-electron chi connectivity index (χ4n) is 2.82. The highest BCUT2D eigenvalue weighted by molar-refractivity contribution is 5.42. The monoisotopic (exact) mass is 340 g/mol. The molecule has 1 saturated heterocycles. The van der Waals surface area contributed by atoms with Crippen molar-refractivity contribution in [3.05, 3.63) is 47.5 Å². The van der Waals surface area contributed by atoms with Crippen molar-refractivity contribution in [1.82, 2.24) is 25.3 Å². The molecule has 1 fully saturated rings. The Hall–Kier alpha value is -2.58. The number of rotatable bonds is 6. The van der Waals surface area contributed by atoms with Gasteiger partial charge in [-0.05, 0) is 46.5 Å². The lowest BCUT2D eigenvalue weighted by atomic mass is 10.1. The van der Waals surface area contributed by atoms with Gasteiger partial charge in [0.1, 0.15) is 5.82 Å². The molecule has 0 spiro atoms. The standard InChI is InChI=1S/C17H20N6O2/c1-2-13(10-14(3-1)12-25-15-6-8-24-9-7-15)11-18-16-4-5-17-19-21-22-23(17)20-16/h1-5,10,15H,6-9,11-12H2,(H,18,20). The fourth-order valence-corrected chi connectivity index (χ4v) is 2.82. The van der Waals surface area contributed by atoms with Gasteiger partial charge in [0.05, 0.1) is 12.7 Å². The van der Waals surface area contributed by atoms with Crippen LogP contribution in [0.15, 0.2) is 36.4 Å². The Kier molecular flexibility index (Phi) is 4.80. The maximum Gasteiger partial charge on any atom is 0.200 e. The number of anilines is 1. The minimum Gasteiger partial charge on any atom is -0.381 e. The van der Waals surface area contributed by atoms with Crippen molar-refractivity contribution >= 4 is 11.5 Å². The molecule has 1 aromatic carbocycles. The van der Waals surface area contributed by atoms with Crippen LogP contribution in [0.1, 0.15) is 24.0 Å². The number of tetrazole rings is 1. The molecule has 2 aromatic heterocycles. The predicted octanol–water partition coefficient (Wildman–Crippen LogP) is 1.83. The van der Waals surface area contributed by atoms with E-state index < -0.39 is 0 Å². The van der Waals surface area contributed by atoms with Gasteiger partial charge in [-0.25, -0.2) is 0 Å². The number of aromatic nitrogens is 5. The first-order valence-corrected chi connectivity index (χ1v) is 8.43. The number of fused-ring (bicyclic) bond motifs is 1. The number of hydrogen-bond acceptors (Lipinski definition) is 7. The summed E-state index contributed by atoms with van der Waals surface area (Å²) < 4.78 is 12.7. The van der Waals surface area contributed by atoms with Gasteiger partial charge < -0.3 is 14.8 Å². The molecule has 0 atom stereocenters. The molecule has 1 N–H and O–H groups in total. The second kappa shape index (κ2) is 7.54. The molecular formula is C17H20N6O2. The topological polar surface area (TPSA) is 86.5 Å². The molecule has 8 nitrogen and oxygen atoms in total. The van der Waals surface area contributed by atoms with E-state index in [2.05, 4.69) is 50.2 Å². The van der Waals surface area contributed by atoms with Crippen molar-refractivity contribution in [2.45, 2.75) is 32.1 Å². The second-order valence-corrected chi connectivity index (χ2v) is 6.04. The number of ether oxygens (including phenoxy) is 2. The highest BCUT2D eigenvalue weighted by Gasteiger charge is 2.14. The Labute approximate surface area is 145 Å². The van der Waals surface area contributed by atoms with Crippen molar-refractivity contribution in [2.24, 2.45) is 0 Å². The Morgan fingerprint density at radius 1 is 1.16 bits per heavy atom. The van der Waals surface area contributed by atoms with Crippen molar-refractivity contribution in [3.63, 3.8) is 0 Å². The molecule has 0 saturated carbocycles. The Balaban J connectivity index is 1.34. The van der Waals surface area contributed by atoms with Crippen molar-refractivity contribution < 1.29 is 9.47 Å². The van der Waals surface area contributed by atoms with Gasteiger partial charge in [-0.15, -0.1) is 14.8 Å². The second-order valence-electron chi connectivity index (χ2n) is 6.04. The summed E-state index contributed by atoms with van der Waals surface area (Å²) in [6, 6.07) is 12.1. The van der Waals surface area contributed by atoms with Gasteiger partial charge in [-0.1, -0.05) is 24.3 Å². The van der Waals surface area contributed by atoms with Gasteiger partial charge in [0.15, 0.2) is 5.65 Å². The molecule has 4 rings (SSSR count). The van der Waals surface area contributed by atoms with Crippen LogP contribution in [0.25, 0.3) is 5.65 Å². The van der Waals surface area contributed by atoms with Crippen LogP contribution in [0.2, 0.25) is 0 Å². The average molecular weight is 340 g/mol. The number of hydrogen-bond donors (Lipinski definition) is 1. The molecule has 0 unspecified atom stereocenters. The average Bonchev–Trinajstić information content (AvgIpc) is 3.14. The minimum atomic E-state index is 0.308. The normalized spacial score (nSPS) is 15.5. The van der Waals surface area contributed by atoms with Crippen LogP contribution in [-0.4, -0.2) is 44.6 Å². The molecule has 1 aliphatic heterocycles. The zero-order chi connectivity index (χ0) is 16.9. The lowest BCUT2D eigenvalue weighted by Crippen LogP contribution is -2.23. The molecule has 0 radical (unpaired) electrons. The zero-order valence-corrected chi connectivity index (χ0v) is 13.8. The summed E-state index contributed by atoms with van der Waals surface area (Å²) in [5.41, 5.74) is 2.97. The van der Waals surface area contributed by atoms with Gasteiger partial charge in [0.2, 0.25) is 0 Å². The molecule has 8 heteroatoms. The van der Waals surface area contributed by atoms with Crippen LogP contribution in [-0.2, 0) is 22.6 Å². The number of nitrogens with one attached hydrogen (secondary N) is 1. The summed E-state index contributed by atoms with van der Waals surface area (Å²) in [5.74, 6) is 0.726. The largest absolute Gasteiger partial charge is 0.381 e. The van der Waals surface area contributed by atoms with E-state index in [1.165, 1.54) is 15.8 Å². The lowest BCUT2D eigenvalue weighted by molar-refractivity contribution is -0.0390. The maximum absolute atomic E-state index is 5.99. The van der Waals surface area contributed by atoms with E-state index in [9.17, 15) is 0 Å². The highest BCUT2D eigenvalue weighted by atomic mass is 16.5. The SMILES string of the molecule is c1cc(CNc2ccc3nnnn3n2)cc(COC2CCOCC2)c1. The fraction of sp³-hybridized carbons (Fsp3) is 0.412. The molecule has 130 valence electrons. The van der Waals surface area contributed by atoms with Crippen molar-refractivity contribution in [2.75, 3.05) is 18.5 Å². The summed E-state index contributed by atoms with van der Waals surface area (Å²) in [6.45, 7) is 2.90. The van der Waals surface area contributed by atoms with E-state index in [4.69, 9.17) is 9.47 Å². The summed E-state index contributed by atoms with van der Waals surface area (Å²) in [6.07, 6.45) is 2.27. The Morgan fingerprint density at radius 2 is 2.04 bits per heavy atom. The molecule has 3 aromatic rings. The van der Waals surface area contributed by atoms with E-state index in [0.29, 0.717) is 24.9 Å². The van der Waals surface area contributed by atoms with Gasteiger partial charge in [-0.2, -0.15) is 0 Å². The molecule has 25 heavy (non-hydrogen) atoms. The molecule has 3 heterocycles. The van der Waals surface area contributed by atoms with Crippen molar-refractivity contribution in [1.29, 1.82) is 0 Å². The van der Waals surface area contributed by atoms with E-state index in [1.54, 1.807) is 0 Å². The van der Waals surface area contributed by atoms with Crippen LogP contribution >= 0.6 is 0 Å². The Bertz CT molecular complexity index is 831. The van der Waals surface area contributed by atoms with Gasteiger partial charge in [-0.3, -0.25) is 0 Å². The highest BCUT2D eigenvalue weighted by Crippen LogP contribution is 2.15. The first-order chi connectivity index (χ1) is 12.4. The smallest absolute Gasteiger partial charge is 0.200 e. The van der Waals surface area contributed by atoms with E-state index in [1.807, 2.05) is 12.1 Å². The van der Waals surface area contributed by atoms with Gasteiger partial charge in [0.25, 0.3) is 0 Å². The van der Waals surface area contributed by atoms with E-state index in [0.717, 1.165) is 31.9 Å². The summed E-state index contributed by atoms with van der Waals surface area (Å²) in [4.78, 5) is 0. The van der Waals surface area contributed by atoms with E-state index >= 15 is 0 Å². The quantitative estimate of drug-likeness (QED) is 0.732. The van der Waals surface area contributed by atoms with Crippen LogP contribution in [0.4, 0.5) is 5.82 Å². The Morgan fingerprint density at radius 3 is 2.96 bits per heavy atom. The lowest BCUT2D eigenvalue weighted by Gasteiger charge is -2.22. The van der Waals surface area contributed by atoms with Gasteiger partial charge in [0, 0.05) is 19.8 Å². The molecule has 1 aliphatic rings. The third kappa shape index (κ3) is 4.09. The third-order valence-corrected chi connectivity index (χ3v) is 4.19. The van der Waals surface area contributed by atoms with Crippen LogP contribution in [0.3, 0.4) is 0 Å². The van der Waals surface area contributed by atoms with Crippen molar-refractivity contribution in [3.8, 4) is 0 Å². The van der Waals surface area contributed by atoms with Crippen LogP contribution in [0.5, 0.6) is 0 Å². The molecular weight excluding hydrogens is 320 g/mol. The summed E-state index contributed by atoms with van der Waals surface area (Å²) in [5, 5.41) is 18.8. The first-order valence-electron chi connectivity index (χ1n) is 8.43. The molecule has 0 bridgehead atoms. The van der Waals surface area contributed by atoms with E-state index in [-0.39, 0.29) is 0 Å². The van der Waals surface area contributed by atoms with Gasteiger partial charge >= 0.3 is 0 Å².